The average molecular weight is 1000 g/mol. The number of aromatic nitrogens is 2. The highest BCUT2D eigenvalue weighted by Gasteiger charge is 2.52. The predicted octanol–water partition coefficient (Wildman–Crippen LogP) is 4.25. The molecule has 24 heteroatoms. The molecule has 0 aliphatic carbocycles. The van der Waals surface area contributed by atoms with Crippen LogP contribution in [0.4, 0.5) is 0 Å². The van der Waals surface area contributed by atoms with Gasteiger partial charge >= 0.3 is 27.3 Å². The lowest BCUT2D eigenvalue weighted by Gasteiger charge is -2.43. The number of phosphoric acid groups is 2. The van der Waals surface area contributed by atoms with Gasteiger partial charge in [-0.05, 0) is 19.8 Å². The first kappa shape index (κ1) is 58.9. The summed E-state index contributed by atoms with van der Waals surface area (Å²) < 4.78 is 58.0. The molecule has 3 heterocycles. The lowest BCUT2D eigenvalue weighted by atomic mass is 9.96. The standard InChI is InChI=1S/C43H77N3O19P2/c1-4-6-8-10-12-14-16-18-20-22-30(47)26-34(50)44-36-40(63-35(51)27-31(48)23-21-19-17-15-13-11-9-7-5-2)37(52)29(3)61-42(36)64-67(58,59)65-66(56,57)60-28-32-38(53)39(54)41(62-32)46-25-24-33(49)45-43(46)55/h24-25,29-32,36-42,47-48,52-54H,4-23,26-28H2,1-3H3,(H,44,50)(H,56,57)(H,58,59)(H,45,49,55)/t29-,30?,31?,32-,36-,37-,38-,39-,40-,41-,42?/m1/s1. The van der Waals surface area contributed by atoms with Gasteiger partial charge in [0.15, 0.2) is 18.6 Å². The highest BCUT2D eigenvalue weighted by Crippen LogP contribution is 2.61. The summed E-state index contributed by atoms with van der Waals surface area (Å²) in [5.41, 5.74) is -1.77. The minimum absolute atomic E-state index is 0.277. The third-order valence-corrected chi connectivity index (χ3v) is 14.4. The largest absolute Gasteiger partial charge is 0.483 e. The first-order valence-electron chi connectivity index (χ1n) is 24.0. The number of amides is 1. The first-order valence-corrected chi connectivity index (χ1v) is 27.0. The van der Waals surface area contributed by atoms with E-state index >= 15 is 0 Å². The topological polar surface area (TPSA) is 332 Å². The molecule has 13 atom stereocenters. The Labute approximate surface area is 392 Å². The zero-order valence-corrected chi connectivity index (χ0v) is 40.9. The van der Waals surface area contributed by atoms with E-state index in [1.165, 1.54) is 51.9 Å². The SMILES string of the molecule is CCCCCCCCCCCC(O)CC(=O)N[C@H]1C(OP(=O)(O)OP(=O)(O)OC[C@H]2O[C@@H](n3ccc(=O)[nH]c3=O)[C@H](O)[C@@H]2O)O[C@H](C)[C@@H](O)[C@@H]1OC(=O)CC(O)CCCCCCCCCCC. The van der Waals surface area contributed by atoms with E-state index in [0.717, 1.165) is 74.6 Å². The summed E-state index contributed by atoms with van der Waals surface area (Å²) >= 11 is 0. The molecule has 2 saturated heterocycles. The number of hydrogen-bond acceptors (Lipinski definition) is 17. The summed E-state index contributed by atoms with van der Waals surface area (Å²) in [7, 11) is -11.4. The fourth-order valence-electron chi connectivity index (χ4n) is 8.03. The molecular formula is C43H77N3O19P2. The van der Waals surface area contributed by atoms with E-state index in [-0.39, 0.29) is 12.8 Å². The number of hydrogen-bond donors (Lipinski definition) is 9. The molecule has 5 unspecified atom stereocenters. The van der Waals surface area contributed by atoms with E-state index in [2.05, 4.69) is 23.5 Å². The van der Waals surface area contributed by atoms with E-state index in [1.807, 2.05) is 4.98 Å². The van der Waals surface area contributed by atoms with Gasteiger partial charge in [-0.3, -0.25) is 33.0 Å². The fraction of sp³-hybridized carbons (Fsp3) is 0.860. The van der Waals surface area contributed by atoms with Crippen LogP contribution in [0.15, 0.2) is 21.9 Å². The molecule has 0 saturated carbocycles. The first-order chi connectivity index (χ1) is 31.8. The third kappa shape index (κ3) is 21.6. The number of nitrogens with zero attached hydrogens (tertiary/aromatic N) is 1. The van der Waals surface area contributed by atoms with Crippen LogP contribution in [0.3, 0.4) is 0 Å². The van der Waals surface area contributed by atoms with Crippen molar-refractivity contribution in [3.05, 3.63) is 33.1 Å². The maximum atomic E-state index is 13.4. The third-order valence-electron chi connectivity index (χ3n) is 11.8. The number of ether oxygens (including phenoxy) is 3. The highest BCUT2D eigenvalue weighted by molar-refractivity contribution is 7.61. The minimum atomic E-state index is -5.80. The Balaban J connectivity index is 1.67. The quantitative estimate of drug-likeness (QED) is 0.0265. The minimum Gasteiger partial charge on any atom is -0.457 e. The lowest BCUT2D eigenvalue weighted by molar-refractivity contribution is -0.243. The van der Waals surface area contributed by atoms with Crippen molar-refractivity contribution >= 4 is 27.5 Å². The van der Waals surface area contributed by atoms with Crippen molar-refractivity contribution in [3.63, 3.8) is 0 Å². The van der Waals surface area contributed by atoms with Crippen LogP contribution in [0.1, 0.15) is 168 Å². The van der Waals surface area contributed by atoms with Gasteiger partial charge < -0.3 is 54.8 Å². The summed E-state index contributed by atoms with van der Waals surface area (Å²) in [6, 6.07) is -0.855. The van der Waals surface area contributed by atoms with Gasteiger partial charge in [0, 0.05) is 12.3 Å². The fourth-order valence-corrected chi connectivity index (χ4v) is 10.2. The molecule has 1 aromatic rings. The van der Waals surface area contributed by atoms with Crippen LogP contribution in [0.2, 0.25) is 0 Å². The number of phosphoric ester groups is 2. The van der Waals surface area contributed by atoms with Crippen molar-refractivity contribution in [3.8, 4) is 0 Å². The van der Waals surface area contributed by atoms with E-state index in [4.69, 9.17) is 23.3 Å². The Morgan fingerprint density at radius 1 is 0.761 bits per heavy atom. The molecule has 22 nitrogen and oxygen atoms in total. The van der Waals surface area contributed by atoms with Crippen LogP contribution in [0.25, 0.3) is 0 Å². The van der Waals surface area contributed by atoms with Crippen LogP contribution in [-0.4, -0.2) is 125 Å². The number of carbonyl (C=O) groups is 2. The molecule has 0 spiro atoms. The van der Waals surface area contributed by atoms with Crippen LogP contribution in [0, 0.1) is 0 Å². The molecule has 0 bridgehead atoms. The molecule has 1 aromatic heterocycles. The van der Waals surface area contributed by atoms with E-state index in [9.17, 15) is 63.6 Å². The summed E-state index contributed by atoms with van der Waals surface area (Å²) in [5.74, 6) is -1.85. The van der Waals surface area contributed by atoms with Gasteiger partial charge in [-0.2, -0.15) is 4.31 Å². The molecular weight excluding hydrogens is 924 g/mol. The second-order valence-corrected chi connectivity index (χ2v) is 20.7. The van der Waals surface area contributed by atoms with Crippen LogP contribution in [-0.2, 0) is 46.3 Å². The Morgan fingerprint density at radius 3 is 1.82 bits per heavy atom. The maximum Gasteiger partial charge on any atom is 0.483 e. The Bertz CT molecular complexity index is 1820. The van der Waals surface area contributed by atoms with Crippen LogP contribution < -0.4 is 16.6 Å². The number of aliphatic hydroxyl groups is 5. The Morgan fingerprint density at radius 2 is 1.28 bits per heavy atom. The number of rotatable bonds is 34. The van der Waals surface area contributed by atoms with Crippen molar-refractivity contribution in [2.45, 2.75) is 229 Å². The van der Waals surface area contributed by atoms with Gasteiger partial charge in [-0.25, -0.2) is 13.9 Å². The number of nitrogens with one attached hydrogen (secondary N) is 2. The lowest BCUT2D eigenvalue weighted by Crippen LogP contribution is -2.64. The van der Waals surface area contributed by atoms with E-state index < -0.39 is 126 Å². The number of aromatic amines is 1. The summed E-state index contributed by atoms with van der Waals surface area (Å²) in [5, 5.41) is 56.0. The molecule has 67 heavy (non-hydrogen) atoms. The molecule has 2 aliphatic heterocycles. The Kier molecular flexibility index (Phi) is 26.7. The van der Waals surface area contributed by atoms with Gasteiger partial charge in [0.05, 0.1) is 37.8 Å². The smallest absolute Gasteiger partial charge is 0.457 e. The molecule has 388 valence electrons. The van der Waals surface area contributed by atoms with Crippen molar-refractivity contribution in [1.29, 1.82) is 0 Å². The predicted molar refractivity (Wildman–Crippen MR) is 242 cm³/mol. The Hall–Kier alpha value is -2.40. The summed E-state index contributed by atoms with van der Waals surface area (Å²) in [6.45, 7) is 4.54. The van der Waals surface area contributed by atoms with E-state index in [0.29, 0.717) is 12.8 Å². The molecule has 0 aromatic carbocycles. The van der Waals surface area contributed by atoms with Gasteiger partial charge in [0.1, 0.15) is 30.5 Å². The van der Waals surface area contributed by atoms with Crippen LogP contribution >= 0.6 is 15.6 Å². The van der Waals surface area contributed by atoms with Crippen LogP contribution in [0.5, 0.6) is 0 Å². The highest BCUT2D eigenvalue weighted by atomic mass is 31.3. The molecule has 0 radical (unpaired) electrons. The van der Waals surface area contributed by atoms with Crippen molar-refractivity contribution in [2.24, 2.45) is 0 Å². The molecule has 2 aliphatic rings. The van der Waals surface area contributed by atoms with Gasteiger partial charge in [0.25, 0.3) is 5.56 Å². The second kappa shape index (κ2) is 30.4. The number of H-pyrrole nitrogens is 1. The molecule has 3 rings (SSSR count). The van der Waals surface area contributed by atoms with Crippen molar-refractivity contribution < 1.29 is 81.6 Å². The molecule has 1 amide bonds. The zero-order chi connectivity index (χ0) is 49.6. The second-order valence-electron chi connectivity index (χ2n) is 17.7. The zero-order valence-electron chi connectivity index (χ0n) is 39.1. The maximum absolute atomic E-state index is 13.4. The number of carbonyl (C=O) groups excluding carboxylic acids is 2. The van der Waals surface area contributed by atoms with Crippen molar-refractivity contribution in [2.75, 3.05) is 6.61 Å². The average Bonchev–Trinajstić information content (AvgIpc) is 3.52. The molecule has 2 fully saturated rings. The monoisotopic (exact) mass is 1000 g/mol. The summed E-state index contributed by atoms with van der Waals surface area (Å²) in [6.07, 6.45) is 3.40. The van der Waals surface area contributed by atoms with Gasteiger partial charge in [-0.1, -0.05) is 129 Å². The normalized spacial score (nSPS) is 26.9. The van der Waals surface area contributed by atoms with Gasteiger partial charge in [-0.15, -0.1) is 0 Å². The molecule has 9 N–H and O–H groups in total. The number of esters is 1. The number of unbranched alkanes of at least 4 members (excludes halogenated alkanes) is 16. The van der Waals surface area contributed by atoms with Gasteiger partial charge in [0.2, 0.25) is 5.91 Å². The number of aliphatic hydroxyl groups excluding tert-OH is 5. The summed E-state index contributed by atoms with van der Waals surface area (Å²) in [4.78, 5) is 73.4. The van der Waals surface area contributed by atoms with E-state index in [1.54, 1.807) is 0 Å². The van der Waals surface area contributed by atoms with Crippen molar-refractivity contribution in [1.82, 2.24) is 14.9 Å².